The molecule has 6 nitrogen and oxygen atoms in total. The van der Waals surface area contributed by atoms with Gasteiger partial charge < -0.3 is 5.11 Å². The Balaban J connectivity index is 1.81. The molecule has 6 heteroatoms. The molecule has 27 heavy (non-hydrogen) atoms. The molecule has 0 amide bonds. The lowest BCUT2D eigenvalue weighted by atomic mass is 10.1. The quantitative estimate of drug-likeness (QED) is 0.658. The van der Waals surface area contributed by atoms with E-state index in [2.05, 4.69) is 23.9 Å². The molecule has 0 aliphatic rings. The molecule has 3 aromatic rings. The van der Waals surface area contributed by atoms with Gasteiger partial charge in [-0.05, 0) is 37.1 Å². The van der Waals surface area contributed by atoms with E-state index < -0.39 is 12.0 Å². The smallest absolute Gasteiger partial charge is 0.325 e. The van der Waals surface area contributed by atoms with E-state index in [-0.39, 0.29) is 0 Å². The van der Waals surface area contributed by atoms with Gasteiger partial charge in [0.1, 0.15) is 6.04 Å². The highest BCUT2D eigenvalue weighted by atomic mass is 16.4. The number of pyridine rings is 1. The number of hydrogen-bond acceptors (Lipinski definition) is 4. The first kappa shape index (κ1) is 19.0. The Kier molecular flexibility index (Phi) is 5.86. The third-order valence-corrected chi connectivity index (χ3v) is 4.74. The SMILES string of the molecule is CC(C)CCn1cc(C(C(=O)O)N(C)Cc2ccnc3ccccc23)cn1. The van der Waals surface area contributed by atoms with Crippen molar-refractivity contribution in [3.8, 4) is 0 Å². The summed E-state index contributed by atoms with van der Waals surface area (Å²) in [4.78, 5) is 18.2. The van der Waals surface area contributed by atoms with Crippen LogP contribution in [0.15, 0.2) is 48.9 Å². The van der Waals surface area contributed by atoms with Crippen LogP contribution in [0.5, 0.6) is 0 Å². The standard InChI is InChI=1S/C21H26N4O2/c1-15(2)9-11-25-14-17(12-23-25)20(21(26)27)24(3)13-16-8-10-22-19-7-5-4-6-18(16)19/h4-8,10,12,14-15,20H,9,11,13H2,1-3H3,(H,26,27). The number of rotatable bonds is 8. The topological polar surface area (TPSA) is 71.2 Å². The van der Waals surface area contributed by atoms with Crippen molar-refractivity contribution in [1.82, 2.24) is 19.7 Å². The van der Waals surface area contributed by atoms with E-state index in [1.807, 2.05) is 53.2 Å². The molecule has 0 aliphatic heterocycles. The van der Waals surface area contributed by atoms with Crippen LogP contribution in [-0.4, -0.2) is 37.8 Å². The lowest BCUT2D eigenvalue weighted by Crippen LogP contribution is -2.30. The van der Waals surface area contributed by atoms with Gasteiger partial charge in [-0.15, -0.1) is 0 Å². The summed E-state index contributed by atoms with van der Waals surface area (Å²) in [5, 5.41) is 15.2. The number of aliphatic carboxylic acids is 1. The number of carbonyl (C=O) groups is 1. The summed E-state index contributed by atoms with van der Waals surface area (Å²) in [6.07, 6.45) is 6.30. The lowest BCUT2D eigenvalue weighted by molar-refractivity contribution is -0.143. The van der Waals surface area contributed by atoms with E-state index in [1.165, 1.54) is 0 Å². The van der Waals surface area contributed by atoms with Gasteiger partial charge in [-0.1, -0.05) is 32.0 Å². The molecule has 142 valence electrons. The first-order chi connectivity index (χ1) is 13.0. The minimum absolute atomic E-state index is 0.511. The molecule has 0 fully saturated rings. The highest BCUT2D eigenvalue weighted by molar-refractivity contribution is 5.82. The van der Waals surface area contributed by atoms with Crippen molar-refractivity contribution in [3.05, 3.63) is 60.0 Å². The molecule has 0 bridgehead atoms. The average molecular weight is 366 g/mol. The van der Waals surface area contributed by atoms with Gasteiger partial charge in [-0.25, -0.2) is 0 Å². The second kappa shape index (κ2) is 8.31. The molecule has 0 spiro atoms. The fraction of sp³-hybridized carbons (Fsp3) is 0.381. The highest BCUT2D eigenvalue weighted by Gasteiger charge is 2.26. The van der Waals surface area contributed by atoms with Crippen LogP contribution in [-0.2, 0) is 17.9 Å². The predicted octanol–water partition coefficient (Wildman–Crippen LogP) is 3.74. The van der Waals surface area contributed by atoms with E-state index in [0.717, 1.165) is 29.4 Å². The van der Waals surface area contributed by atoms with Gasteiger partial charge in [0.25, 0.3) is 0 Å². The molecular formula is C21H26N4O2. The Morgan fingerprint density at radius 2 is 2.04 bits per heavy atom. The van der Waals surface area contributed by atoms with Crippen molar-refractivity contribution in [1.29, 1.82) is 0 Å². The Labute approximate surface area is 159 Å². The van der Waals surface area contributed by atoms with Crippen molar-refractivity contribution < 1.29 is 9.90 Å². The van der Waals surface area contributed by atoms with Gasteiger partial charge in [0, 0.05) is 36.4 Å². The number of aromatic nitrogens is 3. The summed E-state index contributed by atoms with van der Waals surface area (Å²) >= 11 is 0. The molecule has 1 unspecified atom stereocenters. The zero-order valence-corrected chi connectivity index (χ0v) is 16.0. The molecular weight excluding hydrogens is 340 g/mol. The number of carboxylic acid groups (broad SMARTS) is 1. The summed E-state index contributed by atoms with van der Waals surface area (Å²) in [5.41, 5.74) is 2.67. The van der Waals surface area contributed by atoms with Crippen molar-refractivity contribution in [2.75, 3.05) is 7.05 Å². The summed E-state index contributed by atoms with van der Waals surface area (Å²) in [5.74, 6) is -0.296. The number of benzene rings is 1. The normalized spacial score (nSPS) is 12.8. The van der Waals surface area contributed by atoms with Crippen molar-refractivity contribution in [2.45, 2.75) is 39.4 Å². The minimum Gasteiger partial charge on any atom is -0.480 e. The largest absolute Gasteiger partial charge is 0.480 e. The van der Waals surface area contributed by atoms with E-state index >= 15 is 0 Å². The Morgan fingerprint density at radius 3 is 2.78 bits per heavy atom. The number of nitrogens with zero attached hydrogens (tertiary/aromatic N) is 4. The fourth-order valence-corrected chi connectivity index (χ4v) is 3.27. The Hall–Kier alpha value is -2.73. The zero-order valence-electron chi connectivity index (χ0n) is 16.0. The molecule has 0 aliphatic carbocycles. The lowest BCUT2D eigenvalue weighted by Gasteiger charge is -2.24. The number of hydrogen-bond donors (Lipinski definition) is 1. The molecule has 2 heterocycles. The summed E-state index contributed by atoms with van der Waals surface area (Å²) in [7, 11) is 1.83. The van der Waals surface area contributed by atoms with Crippen LogP contribution in [0.3, 0.4) is 0 Å². The minimum atomic E-state index is -0.876. The molecule has 1 aromatic carbocycles. The molecule has 1 N–H and O–H groups in total. The van der Waals surface area contributed by atoms with Crippen LogP contribution in [0.1, 0.15) is 37.4 Å². The molecule has 0 radical (unpaired) electrons. The molecule has 3 rings (SSSR count). The Bertz CT molecular complexity index is 914. The van der Waals surface area contributed by atoms with E-state index in [0.29, 0.717) is 18.0 Å². The number of para-hydroxylation sites is 1. The van der Waals surface area contributed by atoms with Gasteiger partial charge in [0.2, 0.25) is 0 Å². The van der Waals surface area contributed by atoms with Crippen LogP contribution in [0.4, 0.5) is 0 Å². The van der Waals surface area contributed by atoms with Gasteiger partial charge in [-0.2, -0.15) is 5.10 Å². The van der Waals surface area contributed by atoms with E-state index in [4.69, 9.17) is 0 Å². The maximum absolute atomic E-state index is 12.0. The summed E-state index contributed by atoms with van der Waals surface area (Å²) < 4.78 is 1.83. The van der Waals surface area contributed by atoms with Gasteiger partial charge in [0.15, 0.2) is 0 Å². The van der Waals surface area contributed by atoms with Gasteiger partial charge in [-0.3, -0.25) is 19.4 Å². The third kappa shape index (κ3) is 4.52. The maximum atomic E-state index is 12.0. The maximum Gasteiger partial charge on any atom is 0.325 e. The van der Waals surface area contributed by atoms with Crippen LogP contribution in [0.25, 0.3) is 10.9 Å². The number of carboxylic acids is 1. The van der Waals surface area contributed by atoms with Crippen LogP contribution in [0.2, 0.25) is 0 Å². The monoisotopic (exact) mass is 366 g/mol. The van der Waals surface area contributed by atoms with Crippen LogP contribution < -0.4 is 0 Å². The van der Waals surface area contributed by atoms with Gasteiger partial charge >= 0.3 is 5.97 Å². The fourth-order valence-electron chi connectivity index (χ4n) is 3.27. The Morgan fingerprint density at radius 1 is 1.26 bits per heavy atom. The van der Waals surface area contributed by atoms with Crippen molar-refractivity contribution in [3.63, 3.8) is 0 Å². The second-order valence-corrected chi connectivity index (χ2v) is 7.36. The molecule has 0 saturated heterocycles. The second-order valence-electron chi connectivity index (χ2n) is 7.36. The third-order valence-electron chi connectivity index (χ3n) is 4.74. The molecule has 2 aromatic heterocycles. The molecule has 1 atom stereocenters. The number of aryl methyl sites for hydroxylation is 1. The number of fused-ring (bicyclic) bond motifs is 1. The van der Waals surface area contributed by atoms with Crippen LogP contribution in [0, 0.1) is 5.92 Å². The van der Waals surface area contributed by atoms with Crippen molar-refractivity contribution >= 4 is 16.9 Å². The highest BCUT2D eigenvalue weighted by Crippen LogP contribution is 2.24. The summed E-state index contributed by atoms with van der Waals surface area (Å²) in [6.45, 7) is 5.63. The number of likely N-dealkylation sites (N-methyl/N-ethyl adjacent to an activating group) is 1. The van der Waals surface area contributed by atoms with E-state index in [1.54, 1.807) is 12.4 Å². The van der Waals surface area contributed by atoms with Crippen LogP contribution >= 0.6 is 0 Å². The molecule has 0 saturated carbocycles. The predicted molar refractivity (Wildman–Crippen MR) is 105 cm³/mol. The summed E-state index contributed by atoms with van der Waals surface area (Å²) in [6, 6.07) is 9.11. The van der Waals surface area contributed by atoms with E-state index in [9.17, 15) is 9.90 Å². The first-order valence-corrected chi connectivity index (χ1v) is 9.23. The zero-order chi connectivity index (χ0) is 19.4. The average Bonchev–Trinajstić information content (AvgIpc) is 3.08. The van der Waals surface area contributed by atoms with Crippen molar-refractivity contribution in [2.24, 2.45) is 5.92 Å². The first-order valence-electron chi connectivity index (χ1n) is 9.23. The van der Waals surface area contributed by atoms with Gasteiger partial charge in [0.05, 0.1) is 11.7 Å².